The number of unbranched alkanes of at least 4 members (excludes halogenated alkanes) is 14. The maximum Gasteiger partial charge on any atom is 1.00 e. The van der Waals surface area contributed by atoms with Crippen LogP contribution in [0.2, 0.25) is 0 Å². The number of aliphatic carboxylic acids is 1. The van der Waals surface area contributed by atoms with Crippen LogP contribution in [-0.4, -0.2) is 17.0 Å². The van der Waals surface area contributed by atoms with Crippen LogP contribution in [0.25, 0.3) is 0 Å². The van der Waals surface area contributed by atoms with E-state index >= 15 is 0 Å². The summed E-state index contributed by atoms with van der Waals surface area (Å²) < 4.78 is 0. The molecule has 0 saturated carbocycles. The number of carboxylic acids is 2. The number of carbonyl (C=O) groups excluding carboxylic acids is 1. The Morgan fingerprint density at radius 1 is 0.750 bits per heavy atom. The second kappa shape index (κ2) is 26.2. The molecule has 0 amide bonds. The largest absolute Gasteiger partial charge is 1.00 e. The summed E-state index contributed by atoms with van der Waals surface area (Å²) in [6.45, 7) is 2.27. The third-order valence-corrected chi connectivity index (χ3v) is 5.10. The van der Waals surface area contributed by atoms with Crippen LogP contribution in [0.5, 0.6) is 5.75 Å². The van der Waals surface area contributed by atoms with Gasteiger partial charge >= 0.3 is 35.5 Å². The van der Waals surface area contributed by atoms with Crippen LogP contribution in [0, 0.1) is 0 Å². The van der Waals surface area contributed by atoms with E-state index in [2.05, 4.69) is 6.92 Å². The second-order valence-electron chi connectivity index (χ2n) is 7.87. The molecule has 0 aliphatic carbocycles. The van der Waals surface area contributed by atoms with Crippen molar-refractivity contribution in [3.63, 3.8) is 0 Å². The molecule has 0 radical (unpaired) electrons. The Hall–Kier alpha value is -1.08. The molecule has 1 aromatic carbocycles. The van der Waals surface area contributed by atoms with Crippen LogP contribution in [0.1, 0.15) is 120 Å². The maximum absolute atomic E-state index is 10.7. The van der Waals surface area contributed by atoms with E-state index < -0.39 is 17.7 Å². The summed E-state index contributed by atoms with van der Waals surface area (Å²) in [6.07, 6.45) is 19.9. The quantitative estimate of drug-likeness (QED) is 0.271. The molecule has 5 N–H and O–H groups in total. The molecule has 0 heterocycles. The van der Waals surface area contributed by atoms with Crippen LogP contribution in [0.3, 0.4) is 0 Å². The fourth-order valence-corrected chi connectivity index (χ4v) is 3.28. The first-order valence-electron chi connectivity index (χ1n) is 11.7. The topological polar surface area (TPSA) is 137 Å². The predicted octanol–water partition coefficient (Wildman–Crippen LogP) is 2.84. The van der Waals surface area contributed by atoms with Crippen molar-refractivity contribution < 1.29 is 54.5 Å². The van der Waals surface area contributed by atoms with E-state index in [0.717, 1.165) is 12.8 Å². The van der Waals surface area contributed by atoms with Crippen molar-refractivity contribution in [1.29, 1.82) is 0 Å². The zero-order valence-electron chi connectivity index (χ0n) is 20.7. The molecule has 0 bridgehead atoms. The number of para-hydroxylation sites is 1. The van der Waals surface area contributed by atoms with E-state index in [1.165, 1.54) is 108 Å². The molecule has 7 heteroatoms. The van der Waals surface area contributed by atoms with Crippen molar-refractivity contribution in [3.05, 3.63) is 29.8 Å². The second-order valence-corrected chi connectivity index (χ2v) is 7.87. The first-order valence-corrected chi connectivity index (χ1v) is 11.7. The van der Waals surface area contributed by atoms with Gasteiger partial charge in [-0.15, -0.1) is 0 Å². The Labute approximate surface area is 217 Å². The van der Waals surface area contributed by atoms with Gasteiger partial charge in [-0.3, -0.25) is 0 Å². The number of hydrogen-bond acceptors (Lipinski definition) is 4. The molecule has 0 aliphatic rings. The molecule has 1 aromatic rings. The maximum atomic E-state index is 10.7. The minimum absolute atomic E-state index is 0. The summed E-state index contributed by atoms with van der Waals surface area (Å²) in [5.41, 5.74) is -0.178. The number of rotatable bonds is 17. The van der Waals surface area contributed by atoms with Crippen molar-refractivity contribution in [3.8, 4) is 5.75 Å². The van der Waals surface area contributed by atoms with Gasteiger partial charge in [-0.1, -0.05) is 121 Å². The molecule has 32 heavy (non-hydrogen) atoms. The van der Waals surface area contributed by atoms with Crippen molar-refractivity contribution >= 4 is 11.9 Å². The summed E-state index contributed by atoms with van der Waals surface area (Å²) >= 11 is 0. The summed E-state index contributed by atoms with van der Waals surface area (Å²) in [5, 5.41) is 29.3. The van der Waals surface area contributed by atoms with Crippen molar-refractivity contribution in [2.45, 2.75) is 110 Å². The molecule has 0 fully saturated rings. The SMILES string of the molecule is CCCCCCCCCCCCCCCCCC(=O)[O-].O=C(O)c1ccccc1[O-].[NH4+].[Na+]. The van der Waals surface area contributed by atoms with Crippen molar-refractivity contribution in [1.82, 2.24) is 6.15 Å². The van der Waals surface area contributed by atoms with Gasteiger partial charge in [0.2, 0.25) is 0 Å². The number of hydrogen-bond donors (Lipinski definition) is 2. The molecule has 180 valence electrons. The summed E-state index contributed by atoms with van der Waals surface area (Å²) in [6, 6.07) is 5.54. The predicted molar refractivity (Wildman–Crippen MR) is 123 cm³/mol. The average molecular weight is 462 g/mol. The van der Waals surface area contributed by atoms with Crippen molar-refractivity contribution in [2.24, 2.45) is 0 Å². The first kappa shape index (κ1) is 35.5. The van der Waals surface area contributed by atoms with Gasteiger partial charge in [0.1, 0.15) is 0 Å². The monoisotopic (exact) mass is 461 g/mol. The molecular formula is C25H44NNaO5. The van der Waals surface area contributed by atoms with Gasteiger partial charge in [0.25, 0.3) is 0 Å². The van der Waals surface area contributed by atoms with Crippen LogP contribution < -0.4 is 45.9 Å². The van der Waals surface area contributed by atoms with Crippen LogP contribution in [0.4, 0.5) is 0 Å². The minimum Gasteiger partial charge on any atom is -0.872 e. The number of quaternary nitrogens is 1. The third kappa shape index (κ3) is 23.6. The van der Waals surface area contributed by atoms with Crippen molar-refractivity contribution in [2.75, 3.05) is 0 Å². The van der Waals surface area contributed by atoms with Gasteiger partial charge in [0.05, 0.1) is 5.56 Å². The number of carboxylic acid groups (broad SMARTS) is 2. The Balaban J connectivity index is -0.000000591. The van der Waals surface area contributed by atoms with Crippen LogP contribution in [0.15, 0.2) is 24.3 Å². The molecule has 0 spiro atoms. The van der Waals surface area contributed by atoms with Gasteiger partial charge in [-0.2, -0.15) is 0 Å². The molecule has 0 atom stereocenters. The van der Waals surface area contributed by atoms with Gasteiger partial charge in [0, 0.05) is 5.97 Å². The van der Waals surface area contributed by atoms with E-state index in [-0.39, 0.29) is 47.7 Å². The Kier molecular flexibility index (Phi) is 29.0. The summed E-state index contributed by atoms with van der Waals surface area (Å²) in [4.78, 5) is 20.4. The fourth-order valence-electron chi connectivity index (χ4n) is 3.28. The summed E-state index contributed by atoms with van der Waals surface area (Å²) in [5.74, 6) is -2.53. The fraction of sp³-hybridized carbons (Fsp3) is 0.680. The van der Waals surface area contributed by atoms with E-state index in [0.29, 0.717) is 0 Å². The zero-order valence-corrected chi connectivity index (χ0v) is 22.7. The molecule has 0 unspecified atom stereocenters. The van der Waals surface area contributed by atoms with Crippen LogP contribution in [-0.2, 0) is 4.79 Å². The smallest absolute Gasteiger partial charge is 0.872 e. The standard InChI is InChI=1S/C18H36O2.C7H6O3.H3N.Na/c1-2-3-4-5-6-7-8-9-10-11-12-13-14-15-16-17-18(19)20;8-6-4-2-1-3-5(6)7(9)10;;/h2-17H2,1H3,(H,19,20);1-4,8H,(H,9,10);1H3;/q;;;+1/p-1. The molecule has 0 aromatic heterocycles. The number of aromatic carboxylic acids is 1. The van der Waals surface area contributed by atoms with E-state index in [4.69, 9.17) is 5.11 Å². The first-order chi connectivity index (χ1) is 14.5. The number of benzene rings is 1. The van der Waals surface area contributed by atoms with Gasteiger partial charge < -0.3 is 26.3 Å². The van der Waals surface area contributed by atoms with Crippen LogP contribution >= 0.6 is 0 Å². The van der Waals surface area contributed by atoms with E-state index in [1.807, 2.05) is 0 Å². The summed E-state index contributed by atoms with van der Waals surface area (Å²) in [7, 11) is 0. The Bertz CT molecular complexity index is 569. The number of carbonyl (C=O) groups is 2. The zero-order chi connectivity index (χ0) is 22.5. The molecule has 6 nitrogen and oxygen atoms in total. The van der Waals surface area contributed by atoms with Gasteiger partial charge in [0.15, 0.2) is 0 Å². The molecule has 0 aliphatic heterocycles. The average Bonchev–Trinajstić information content (AvgIpc) is 2.71. The minimum atomic E-state index is -1.18. The normalized spacial score (nSPS) is 9.66. The Morgan fingerprint density at radius 2 is 1.12 bits per heavy atom. The van der Waals surface area contributed by atoms with E-state index in [9.17, 15) is 19.8 Å². The Morgan fingerprint density at radius 3 is 1.44 bits per heavy atom. The third-order valence-electron chi connectivity index (χ3n) is 5.10. The molecule has 1 rings (SSSR count). The molecule has 0 saturated heterocycles. The van der Waals surface area contributed by atoms with Gasteiger partial charge in [-0.25, -0.2) is 4.79 Å². The van der Waals surface area contributed by atoms with E-state index in [1.54, 1.807) is 0 Å². The van der Waals surface area contributed by atoms with Gasteiger partial charge in [-0.05, 0) is 18.9 Å². The molecular weight excluding hydrogens is 417 g/mol.